The Labute approximate surface area is 299 Å². The topological polar surface area (TPSA) is 148 Å². The number of fused-ring (bicyclic) bond motifs is 1. The lowest BCUT2D eigenvalue weighted by Crippen LogP contribution is -2.55. The van der Waals surface area contributed by atoms with E-state index in [1.165, 1.54) is 0 Å². The van der Waals surface area contributed by atoms with E-state index in [0.29, 0.717) is 31.6 Å². The molecule has 0 saturated carbocycles. The summed E-state index contributed by atoms with van der Waals surface area (Å²) >= 11 is 0. The third kappa shape index (κ3) is 9.40. The van der Waals surface area contributed by atoms with E-state index in [9.17, 15) is 24.0 Å². The number of amides is 4. The van der Waals surface area contributed by atoms with Gasteiger partial charge < -0.3 is 30.9 Å². The van der Waals surface area contributed by atoms with Crippen molar-refractivity contribution in [3.05, 3.63) is 102 Å². The second-order valence-electron chi connectivity index (χ2n) is 13.9. The van der Waals surface area contributed by atoms with Gasteiger partial charge in [0.15, 0.2) is 0 Å². The lowest BCUT2D eigenvalue weighted by atomic mass is 9.86. The van der Waals surface area contributed by atoms with Gasteiger partial charge in [-0.15, -0.1) is 0 Å². The highest BCUT2D eigenvalue weighted by Gasteiger charge is 2.47. The van der Waals surface area contributed by atoms with E-state index in [-0.39, 0.29) is 42.1 Å². The minimum absolute atomic E-state index is 0.00928. The largest absolute Gasteiger partial charge is 0.480 e. The second-order valence-corrected chi connectivity index (χ2v) is 13.9. The van der Waals surface area contributed by atoms with Gasteiger partial charge in [0.1, 0.15) is 12.6 Å². The van der Waals surface area contributed by atoms with Gasteiger partial charge in [0.05, 0.1) is 11.3 Å². The Hall–Kier alpha value is -5.03. The number of piperidine rings is 2. The molecule has 2 fully saturated rings. The standard InChI is InChI=1S/C31H40N4O3.C9H9NO3/c1-31(2)25-12-6-7-13-27(25)35(30(31)38)24-16-19-34(20-17-24)29(37)26(15-14-22-9-4-3-5-10-22)33-28(36)23-11-8-18-32-21-23;11-8(12)6-10-9(13)7-4-2-1-3-5-7/h3-7,9-10,12-13,23-24,26,32H,8,11,14-21H2,1-2H3,(H,33,36);1-5H,6H2,(H,10,13)(H,11,12)/t23-,26+;/m1./s1. The highest BCUT2D eigenvalue weighted by Crippen LogP contribution is 2.43. The van der Waals surface area contributed by atoms with Crippen LogP contribution in [0.4, 0.5) is 5.69 Å². The van der Waals surface area contributed by atoms with Crippen LogP contribution < -0.4 is 20.9 Å². The van der Waals surface area contributed by atoms with Gasteiger partial charge in [-0.1, -0.05) is 66.7 Å². The van der Waals surface area contributed by atoms with Gasteiger partial charge in [0.2, 0.25) is 17.7 Å². The Morgan fingerprint density at radius 3 is 2.20 bits per heavy atom. The smallest absolute Gasteiger partial charge is 0.322 e. The SMILES string of the molecule is CC1(C)C(=O)N(C2CCN(C(=O)[C@H](CCc3ccccc3)NC(=O)[C@@H]3CCCNC3)CC2)c2ccccc21.O=C(O)CNC(=O)c1ccccc1. The number of likely N-dealkylation sites (tertiary alicyclic amines) is 1. The molecule has 3 aliphatic rings. The van der Waals surface area contributed by atoms with Crippen molar-refractivity contribution in [2.75, 3.05) is 37.6 Å². The molecule has 2 atom stereocenters. The van der Waals surface area contributed by atoms with Crippen molar-refractivity contribution in [1.82, 2.24) is 20.9 Å². The number of aryl methyl sites for hydroxylation is 1. The summed E-state index contributed by atoms with van der Waals surface area (Å²) in [6, 6.07) is 26.2. The van der Waals surface area contributed by atoms with Crippen molar-refractivity contribution in [3.8, 4) is 0 Å². The Morgan fingerprint density at radius 2 is 1.55 bits per heavy atom. The molecular weight excluding hydrogens is 646 g/mol. The normalized spacial score (nSPS) is 18.9. The number of para-hydroxylation sites is 1. The van der Waals surface area contributed by atoms with Crippen LogP contribution in [0.25, 0.3) is 0 Å². The molecule has 2 saturated heterocycles. The Kier molecular flexibility index (Phi) is 12.6. The zero-order valence-corrected chi connectivity index (χ0v) is 29.5. The Balaban J connectivity index is 0.000000328. The summed E-state index contributed by atoms with van der Waals surface area (Å²) in [5.74, 6) is -1.42. The van der Waals surface area contributed by atoms with Crippen LogP contribution in [-0.2, 0) is 31.0 Å². The van der Waals surface area contributed by atoms with Crippen LogP contribution in [0.3, 0.4) is 0 Å². The van der Waals surface area contributed by atoms with E-state index in [1.54, 1.807) is 30.3 Å². The Morgan fingerprint density at radius 1 is 0.902 bits per heavy atom. The fourth-order valence-corrected chi connectivity index (χ4v) is 7.09. The summed E-state index contributed by atoms with van der Waals surface area (Å²) < 4.78 is 0. The number of rotatable bonds is 10. The van der Waals surface area contributed by atoms with Gasteiger partial charge in [-0.25, -0.2) is 0 Å². The maximum absolute atomic E-state index is 13.7. The second kappa shape index (κ2) is 17.3. The zero-order valence-electron chi connectivity index (χ0n) is 29.5. The van der Waals surface area contributed by atoms with E-state index in [0.717, 1.165) is 55.5 Å². The maximum Gasteiger partial charge on any atom is 0.322 e. The van der Waals surface area contributed by atoms with Crippen LogP contribution in [0.15, 0.2) is 84.9 Å². The first kappa shape index (κ1) is 37.2. The van der Waals surface area contributed by atoms with Gasteiger partial charge in [-0.05, 0) is 88.2 Å². The van der Waals surface area contributed by atoms with Crippen molar-refractivity contribution in [3.63, 3.8) is 0 Å². The van der Waals surface area contributed by atoms with Gasteiger partial charge in [0.25, 0.3) is 5.91 Å². The first-order chi connectivity index (χ1) is 24.6. The summed E-state index contributed by atoms with van der Waals surface area (Å²) in [6.45, 7) is 6.41. The number of carboxylic acids is 1. The number of hydrogen-bond donors (Lipinski definition) is 4. The molecule has 11 heteroatoms. The van der Waals surface area contributed by atoms with Crippen LogP contribution >= 0.6 is 0 Å². The van der Waals surface area contributed by atoms with Gasteiger partial charge in [-0.3, -0.25) is 24.0 Å². The monoisotopic (exact) mass is 695 g/mol. The van der Waals surface area contributed by atoms with Crippen molar-refractivity contribution in [2.24, 2.45) is 5.92 Å². The van der Waals surface area contributed by atoms with Gasteiger partial charge in [-0.2, -0.15) is 0 Å². The van der Waals surface area contributed by atoms with E-state index in [1.807, 2.05) is 66.1 Å². The number of carbonyl (C=O) groups is 5. The number of carboxylic acid groups (broad SMARTS) is 1. The van der Waals surface area contributed by atoms with Crippen molar-refractivity contribution >= 4 is 35.3 Å². The Bertz CT molecular complexity index is 1670. The highest BCUT2D eigenvalue weighted by atomic mass is 16.4. The molecule has 3 aliphatic heterocycles. The fraction of sp³-hybridized carbons (Fsp3) is 0.425. The van der Waals surface area contributed by atoms with Crippen LogP contribution in [0.5, 0.6) is 0 Å². The molecule has 51 heavy (non-hydrogen) atoms. The molecule has 0 aliphatic carbocycles. The van der Waals surface area contributed by atoms with E-state index >= 15 is 0 Å². The number of carbonyl (C=O) groups excluding carboxylic acids is 4. The third-order valence-corrected chi connectivity index (χ3v) is 10.0. The molecule has 0 spiro atoms. The molecule has 4 amide bonds. The molecule has 270 valence electrons. The molecule has 0 unspecified atom stereocenters. The number of nitrogens with zero attached hydrogens (tertiary/aromatic N) is 2. The van der Waals surface area contributed by atoms with Crippen LogP contribution in [0, 0.1) is 5.92 Å². The van der Waals surface area contributed by atoms with Crippen molar-refractivity contribution in [2.45, 2.75) is 69.9 Å². The highest BCUT2D eigenvalue weighted by molar-refractivity contribution is 6.08. The minimum Gasteiger partial charge on any atom is -0.480 e. The number of benzene rings is 3. The molecule has 0 bridgehead atoms. The average Bonchev–Trinajstić information content (AvgIpc) is 3.37. The van der Waals surface area contributed by atoms with Gasteiger partial charge in [0, 0.05) is 36.9 Å². The summed E-state index contributed by atoms with van der Waals surface area (Å²) in [4.78, 5) is 65.4. The lowest BCUT2D eigenvalue weighted by molar-refractivity contribution is -0.138. The number of aliphatic carboxylic acids is 1. The molecular formula is C40H49N5O6. The number of hydrogen-bond acceptors (Lipinski definition) is 6. The molecule has 3 aromatic rings. The van der Waals surface area contributed by atoms with E-state index in [2.05, 4.69) is 28.1 Å². The lowest BCUT2D eigenvalue weighted by Gasteiger charge is -2.39. The van der Waals surface area contributed by atoms with Crippen LogP contribution in [0.2, 0.25) is 0 Å². The van der Waals surface area contributed by atoms with Crippen LogP contribution in [0.1, 0.15) is 67.4 Å². The van der Waals surface area contributed by atoms with Crippen molar-refractivity contribution in [1.29, 1.82) is 0 Å². The molecule has 0 radical (unpaired) electrons. The predicted octanol–water partition coefficient (Wildman–Crippen LogP) is 3.92. The molecule has 4 N–H and O–H groups in total. The molecule has 3 aromatic carbocycles. The predicted molar refractivity (Wildman–Crippen MR) is 195 cm³/mol. The first-order valence-corrected chi connectivity index (χ1v) is 17.9. The summed E-state index contributed by atoms with van der Waals surface area (Å²) in [6.07, 6.45) is 4.59. The molecule has 0 aromatic heterocycles. The molecule has 6 rings (SSSR count). The number of anilines is 1. The first-order valence-electron chi connectivity index (χ1n) is 17.9. The van der Waals surface area contributed by atoms with E-state index < -0.39 is 17.4 Å². The number of nitrogens with one attached hydrogen (secondary N) is 3. The maximum atomic E-state index is 13.7. The quantitative estimate of drug-likeness (QED) is 0.251. The summed E-state index contributed by atoms with van der Waals surface area (Å²) in [7, 11) is 0. The minimum atomic E-state index is -1.05. The zero-order chi connectivity index (χ0) is 36.4. The fourth-order valence-electron chi connectivity index (χ4n) is 7.09. The van der Waals surface area contributed by atoms with E-state index in [4.69, 9.17) is 5.11 Å². The third-order valence-electron chi connectivity index (χ3n) is 10.0. The summed E-state index contributed by atoms with van der Waals surface area (Å²) in [5.41, 5.74) is 3.16. The molecule has 3 heterocycles. The van der Waals surface area contributed by atoms with Gasteiger partial charge >= 0.3 is 5.97 Å². The summed E-state index contributed by atoms with van der Waals surface area (Å²) in [5, 5.41) is 17.0. The average molecular weight is 696 g/mol. The van der Waals surface area contributed by atoms with Crippen molar-refractivity contribution < 1.29 is 29.1 Å². The van der Waals surface area contributed by atoms with Crippen LogP contribution in [-0.4, -0.2) is 84.4 Å². The molecule has 11 nitrogen and oxygen atoms in total.